The Labute approximate surface area is 122 Å². The largest absolute Gasteiger partial charge is 0.369 e. The van der Waals surface area contributed by atoms with E-state index >= 15 is 0 Å². The van der Waals surface area contributed by atoms with Crippen LogP contribution in [0.4, 0.5) is 0 Å². The van der Waals surface area contributed by atoms with Gasteiger partial charge in [-0.3, -0.25) is 4.90 Å². The van der Waals surface area contributed by atoms with Crippen LogP contribution >= 0.6 is 11.3 Å². The summed E-state index contributed by atoms with van der Waals surface area (Å²) in [5.74, 6) is 0.806. The van der Waals surface area contributed by atoms with Gasteiger partial charge in [-0.05, 0) is 19.9 Å². The number of ether oxygens (including phenoxy) is 1. The van der Waals surface area contributed by atoms with Gasteiger partial charge in [-0.1, -0.05) is 0 Å². The Morgan fingerprint density at radius 2 is 2.30 bits per heavy atom. The average molecular weight is 290 g/mol. The smallest absolute Gasteiger partial charge is 0.125 e. The number of rotatable bonds is 3. The van der Waals surface area contributed by atoms with E-state index < -0.39 is 0 Å². The predicted molar refractivity (Wildman–Crippen MR) is 77.6 cm³/mol. The van der Waals surface area contributed by atoms with Gasteiger partial charge in [-0.15, -0.1) is 11.3 Å². The van der Waals surface area contributed by atoms with Gasteiger partial charge < -0.3 is 4.74 Å². The minimum Gasteiger partial charge on any atom is -0.369 e. The predicted octanol–water partition coefficient (Wildman–Crippen LogP) is 2.12. The zero-order valence-corrected chi connectivity index (χ0v) is 12.6. The number of aryl methyl sites for hydroxylation is 2. The molecule has 1 fully saturated rings. The van der Waals surface area contributed by atoms with E-state index in [9.17, 15) is 0 Å². The van der Waals surface area contributed by atoms with Crippen LogP contribution in [0.15, 0.2) is 17.0 Å². The van der Waals surface area contributed by atoms with Gasteiger partial charge in [0.2, 0.25) is 0 Å². The van der Waals surface area contributed by atoms with E-state index in [1.165, 1.54) is 0 Å². The fraction of sp³-hybridized carbons (Fsp3) is 0.500. The van der Waals surface area contributed by atoms with Crippen molar-refractivity contribution in [3.8, 4) is 0 Å². The number of morpholine rings is 1. The van der Waals surface area contributed by atoms with Crippen LogP contribution in [0.2, 0.25) is 0 Å². The van der Waals surface area contributed by atoms with Crippen molar-refractivity contribution in [2.75, 3.05) is 19.7 Å². The van der Waals surface area contributed by atoms with E-state index in [2.05, 4.69) is 25.2 Å². The van der Waals surface area contributed by atoms with Crippen LogP contribution < -0.4 is 0 Å². The molecule has 0 radical (unpaired) electrons. The molecule has 6 heteroatoms. The summed E-state index contributed by atoms with van der Waals surface area (Å²) >= 11 is 1.64. The van der Waals surface area contributed by atoms with Crippen molar-refractivity contribution in [3.63, 3.8) is 0 Å². The molecular weight excluding hydrogens is 272 g/mol. The molecule has 0 saturated carbocycles. The second-order valence-electron chi connectivity index (χ2n) is 5.06. The van der Waals surface area contributed by atoms with Crippen molar-refractivity contribution < 1.29 is 4.74 Å². The molecule has 0 spiro atoms. The van der Waals surface area contributed by atoms with Crippen LogP contribution in [0.25, 0.3) is 0 Å². The molecular formula is C14H18N4OS. The topological polar surface area (TPSA) is 51.1 Å². The van der Waals surface area contributed by atoms with Crippen molar-refractivity contribution in [1.29, 1.82) is 0 Å². The Bertz CT molecular complexity index is 552. The van der Waals surface area contributed by atoms with Crippen LogP contribution in [-0.2, 0) is 11.3 Å². The fourth-order valence-electron chi connectivity index (χ4n) is 2.48. The van der Waals surface area contributed by atoms with E-state index in [-0.39, 0.29) is 6.10 Å². The third-order valence-electron chi connectivity index (χ3n) is 3.34. The first-order valence-corrected chi connectivity index (χ1v) is 7.68. The normalized spacial score (nSPS) is 20.2. The Kier molecular flexibility index (Phi) is 4.05. The number of hydrogen-bond donors (Lipinski definition) is 0. The van der Waals surface area contributed by atoms with Crippen LogP contribution in [0.1, 0.15) is 29.0 Å². The molecule has 0 amide bonds. The van der Waals surface area contributed by atoms with E-state index in [0.29, 0.717) is 0 Å². The summed E-state index contributed by atoms with van der Waals surface area (Å²) in [6.45, 7) is 7.33. The monoisotopic (exact) mass is 290 g/mol. The minimum atomic E-state index is 0.0304. The molecule has 5 nitrogen and oxygen atoms in total. The molecule has 0 unspecified atom stereocenters. The Hall–Kier alpha value is -1.37. The molecule has 3 rings (SSSR count). The average Bonchev–Trinajstić information content (AvgIpc) is 2.91. The van der Waals surface area contributed by atoms with Crippen molar-refractivity contribution >= 4 is 11.3 Å². The molecule has 0 aliphatic carbocycles. The number of thiazole rings is 1. The van der Waals surface area contributed by atoms with Gasteiger partial charge in [0.15, 0.2) is 0 Å². The molecule has 1 aliphatic rings. The van der Waals surface area contributed by atoms with Gasteiger partial charge >= 0.3 is 0 Å². The summed E-state index contributed by atoms with van der Waals surface area (Å²) in [6.07, 6.45) is 0.0304. The second kappa shape index (κ2) is 5.95. The standard InChI is InChI=1S/C14H18N4OS/c1-10-5-13(17-11(2)16-10)14-7-18(3-4-19-14)6-12-8-20-9-15-12/h5,8-9,14H,3-4,6-7H2,1-2H3/t14-/m1/s1. The maximum atomic E-state index is 5.87. The first-order valence-electron chi connectivity index (χ1n) is 6.74. The number of aromatic nitrogens is 3. The molecule has 2 aromatic rings. The highest BCUT2D eigenvalue weighted by molar-refractivity contribution is 7.07. The lowest BCUT2D eigenvalue weighted by atomic mass is 10.1. The zero-order chi connectivity index (χ0) is 13.9. The molecule has 3 heterocycles. The third-order valence-corrected chi connectivity index (χ3v) is 3.97. The van der Waals surface area contributed by atoms with Gasteiger partial charge in [0.05, 0.1) is 23.5 Å². The quantitative estimate of drug-likeness (QED) is 0.866. The second-order valence-corrected chi connectivity index (χ2v) is 5.77. The molecule has 0 aromatic carbocycles. The zero-order valence-electron chi connectivity index (χ0n) is 11.7. The van der Waals surface area contributed by atoms with Crippen LogP contribution in [-0.4, -0.2) is 39.5 Å². The number of hydrogen-bond acceptors (Lipinski definition) is 6. The van der Waals surface area contributed by atoms with Gasteiger partial charge in [-0.25, -0.2) is 15.0 Å². The summed E-state index contributed by atoms with van der Waals surface area (Å²) in [5.41, 5.74) is 4.99. The SMILES string of the molecule is Cc1cc([C@H]2CN(Cc3cscn3)CCO2)nc(C)n1. The van der Waals surface area contributed by atoms with E-state index in [1.807, 2.05) is 25.4 Å². The van der Waals surface area contributed by atoms with Crippen molar-refractivity contribution in [1.82, 2.24) is 19.9 Å². The summed E-state index contributed by atoms with van der Waals surface area (Å²) in [6, 6.07) is 2.02. The summed E-state index contributed by atoms with van der Waals surface area (Å²) in [7, 11) is 0. The molecule has 1 saturated heterocycles. The molecule has 1 aliphatic heterocycles. The van der Waals surface area contributed by atoms with Crippen LogP contribution in [0.5, 0.6) is 0 Å². The van der Waals surface area contributed by atoms with Crippen LogP contribution in [0.3, 0.4) is 0 Å². The van der Waals surface area contributed by atoms with Crippen LogP contribution in [0, 0.1) is 13.8 Å². The number of nitrogens with zero attached hydrogens (tertiary/aromatic N) is 4. The Morgan fingerprint density at radius 3 is 3.05 bits per heavy atom. The highest BCUT2D eigenvalue weighted by Gasteiger charge is 2.24. The first-order chi connectivity index (χ1) is 9.70. The maximum Gasteiger partial charge on any atom is 0.125 e. The van der Waals surface area contributed by atoms with Gasteiger partial charge in [0.25, 0.3) is 0 Å². The van der Waals surface area contributed by atoms with Gasteiger partial charge in [-0.2, -0.15) is 0 Å². The van der Waals surface area contributed by atoms with E-state index in [0.717, 1.165) is 49.1 Å². The molecule has 1 atom stereocenters. The van der Waals surface area contributed by atoms with E-state index in [4.69, 9.17) is 4.74 Å². The molecule has 0 bridgehead atoms. The fourth-order valence-corrected chi connectivity index (χ4v) is 3.03. The van der Waals surface area contributed by atoms with Crippen molar-refractivity contribution in [2.45, 2.75) is 26.5 Å². The lowest BCUT2D eigenvalue weighted by Gasteiger charge is -2.32. The molecule has 20 heavy (non-hydrogen) atoms. The van der Waals surface area contributed by atoms with Gasteiger partial charge in [0.1, 0.15) is 11.9 Å². The van der Waals surface area contributed by atoms with Crippen molar-refractivity contribution in [3.05, 3.63) is 39.9 Å². The summed E-state index contributed by atoms with van der Waals surface area (Å²) in [4.78, 5) is 15.6. The van der Waals surface area contributed by atoms with E-state index in [1.54, 1.807) is 11.3 Å². The minimum absolute atomic E-state index is 0.0304. The lowest BCUT2D eigenvalue weighted by molar-refractivity contribution is -0.0354. The highest BCUT2D eigenvalue weighted by Crippen LogP contribution is 2.22. The highest BCUT2D eigenvalue weighted by atomic mass is 32.1. The molecule has 0 N–H and O–H groups in total. The van der Waals surface area contributed by atoms with Gasteiger partial charge in [0, 0.05) is 30.7 Å². The maximum absolute atomic E-state index is 5.87. The molecule has 2 aromatic heterocycles. The first kappa shape index (κ1) is 13.6. The Balaban J connectivity index is 1.71. The van der Waals surface area contributed by atoms with Crippen molar-refractivity contribution in [2.24, 2.45) is 0 Å². The molecule has 106 valence electrons. The summed E-state index contributed by atoms with van der Waals surface area (Å²) in [5, 5.41) is 2.10. The third kappa shape index (κ3) is 3.20. The Morgan fingerprint density at radius 1 is 1.40 bits per heavy atom. The lowest BCUT2D eigenvalue weighted by Crippen LogP contribution is -2.38. The summed E-state index contributed by atoms with van der Waals surface area (Å²) < 4.78 is 5.87.